The van der Waals surface area contributed by atoms with E-state index in [4.69, 9.17) is 5.14 Å². The van der Waals surface area contributed by atoms with Crippen molar-refractivity contribution in [3.63, 3.8) is 0 Å². The first-order valence-electron chi connectivity index (χ1n) is 5.56. The Hall–Kier alpha value is -0.620. The smallest absolute Gasteiger partial charge is 0.222 e. The first-order chi connectivity index (χ1) is 7.28. The van der Waals surface area contributed by atoms with Gasteiger partial charge in [-0.15, -0.1) is 0 Å². The summed E-state index contributed by atoms with van der Waals surface area (Å²) >= 11 is 0. The molecule has 1 saturated heterocycles. The first kappa shape index (κ1) is 13.4. The third kappa shape index (κ3) is 4.49. The molecule has 1 aliphatic rings. The highest BCUT2D eigenvalue weighted by atomic mass is 32.2. The van der Waals surface area contributed by atoms with Crippen LogP contribution in [0.3, 0.4) is 0 Å². The fraction of sp³-hybridized carbons (Fsp3) is 0.900. The van der Waals surface area contributed by atoms with Gasteiger partial charge in [0.15, 0.2) is 0 Å². The molecular weight excluding hydrogens is 228 g/mol. The van der Waals surface area contributed by atoms with Gasteiger partial charge >= 0.3 is 0 Å². The number of amides is 1. The Morgan fingerprint density at radius 3 is 2.62 bits per heavy atom. The number of carbonyl (C=O) groups is 1. The molecule has 1 atom stereocenters. The Bertz CT molecular complexity index is 351. The van der Waals surface area contributed by atoms with E-state index in [2.05, 4.69) is 13.8 Å². The Balaban J connectivity index is 2.44. The van der Waals surface area contributed by atoms with Gasteiger partial charge in [0, 0.05) is 25.4 Å². The number of nitrogens with two attached hydrogens (primary N) is 1. The molecule has 1 heterocycles. The Kier molecular flexibility index (Phi) is 4.32. The maximum absolute atomic E-state index is 11.6. The van der Waals surface area contributed by atoms with Crippen LogP contribution in [0.1, 0.15) is 26.7 Å². The van der Waals surface area contributed by atoms with Crippen LogP contribution >= 0.6 is 0 Å². The van der Waals surface area contributed by atoms with Crippen molar-refractivity contribution in [1.29, 1.82) is 0 Å². The average molecular weight is 248 g/mol. The first-order valence-corrected chi connectivity index (χ1v) is 7.27. The van der Waals surface area contributed by atoms with Crippen molar-refractivity contribution in [2.24, 2.45) is 17.0 Å². The molecule has 2 N–H and O–H groups in total. The van der Waals surface area contributed by atoms with Crippen LogP contribution < -0.4 is 5.14 Å². The highest BCUT2D eigenvalue weighted by Crippen LogP contribution is 2.19. The summed E-state index contributed by atoms with van der Waals surface area (Å²) in [4.78, 5) is 13.3. The quantitative estimate of drug-likeness (QED) is 0.753. The van der Waals surface area contributed by atoms with Crippen LogP contribution in [0.4, 0.5) is 0 Å². The van der Waals surface area contributed by atoms with E-state index in [1.54, 1.807) is 4.90 Å². The standard InChI is InChI=1S/C10H20N2O3S/c1-8(2)3-4-12-6-9(5-10(12)13)7-16(11,14)15/h8-9H,3-7H2,1-2H3,(H2,11,14,15). The molecule has 1 fully saturated rings. The predicted octanol–water partition coefficient (Wildman–Crippen LogP) is 0.170. The third-order valence-electron chi connectivity index (χ3n) is 2.74. The lowest BCUT2D eigenvalue weighted by Gasteiger charge is -2.17. The van der Waals surface area contributed by atoms with Gasteiger partial charge in [-0.25, -0.2) is 13.6 Å². The van der Waals surface area contributed by atoms with Gasteiger partial charge in [-0.05, 0) is 12.3 Å². The number of rotatable bonds is 5. The second-order valence-electron chi connectivity index (χ2n) is 4.92. The van der Waals surface area contributed by atoms with Gasteiger partial charge < -0.3 is 4.90 Å². The summed E-state index contributed by atoms with van der Waals surface area (Å²) in [6.45, 7) is 5.45. The number of primary sulfonamides is 1. The second-order valence-corrected chi connectivity index (χ2v) is 6.58. The lowest BCUT2D eigenvalue weighted by atomic mass is 10.1. The molecular formula is C10H20N2O3S. The monoisotopic (exact) mass is 248 g/mol. The zero-order valence-electron chi connectivity index (χ0n) is 9.85. The molecule has 0 aliphatic carbocycles. The van der Waals surface area contributed by atoms with Gasteiger partial charge in [0.25, 0.3) is 0 Å². The fourth-order valence-corrected chi connectivity index (χ4v) is 2.80. The van der Waals surface area contributed by atoms with E-state index >= 15 is 0 Å². The fourth-order valence-electron chi connectivity index (χ4n) is 1.92. The summed E-state index contributed by atoms with van der Waals surface area (Å²) < 4.78 is 21.8. The van der Waals surface area contributed by atoms with Crippen LogP contribution in [0.15, 0.2) is 0 Å². The number of nitrogens with zero attached hydrogens (tertiary/aromatic N) is 1. The zero-order valence-corrected chi connectivity index (χ0v) is 10.7. The lowest BCUT2D eigenvalue weighted by Crippen LogP contribution is -2.29. The maximum atomic E-state index is 11.6. The number of sulfonamides is 1. The molecule has 1 amide bonds. The summed E-state index contributed by atoms with van der Waals surface area (Å²) in [5.41, 5.74) is 0. The molecule has 0 radical (unpaired) electrons. The molecule has 16 heavy (non-hydrogen) atoms. The molecule has 5 nitrogen and oxygen atoms in total. The normalized spacial score (nSPS) is 22.1. The van der Waals surface area contributed by atoms with Gasteiger partial charge in [-0.1, -0.05) is 13.8 Å². The minimum absolute atomic E-state index is 0.0503. The SMILES string of the molecule is CC(C)CCN1CC(CS(N)(=O)=O)CC1=O. The molecule has 1 rings (SSSR count). The summed E-state index contributed by atoms with van der Waals surface area (Å²) in [7, 11) is -3.46. The Morgan fingerprint density at radius 1 is 1.50 bits per heavy atom. The summed E-state index contributed by atoms with van der Waals surface area (Å²) in [5.74, 6) is 0.380. The Labute approximate surface area is 97.0 Å². The van der Waals surface area contributed by atoms with Crippen molar-refractivity contribution in [3.05, 3.63) is 0 Å². The van der Waals surface area contributed by atoms with Crippen LogP contribution in [0.25, 0.3) is 0 Å². The van der Waals surface area contributed by atoms with E-state index in [0.29, 0.717) is 18.9 Å². The molecule has 0 spiro atoms. The van der Waals surface area contributed by atoms with Gasteiger partial charge in [0.05, 0.1) is 5.75 Å². The molecule has 6 heteroatoms. The third-order valence-corrected chi connectivity index (χ3v) is 3.67. The second kappa shape index (κ2) is 5.14. The van der Waals surface area contributed by atoms with Crippen LogP contribution in [0.2, 0.25) is 0 Å². The van der Waals surface area contributed by atoms with Crippen LogP contribution in [0, 0.1) is 11.8 Å². The molecule has 0 aromatic rings. The van der Waals surface area contributed by atoms with Crippen molar-refractivity contribution >= 4 is 15.9 Å². The van der Waals surface area contributed by atoms with Gasteiger partial charge in [0.2, 0.25) is 15.9 Å². The highest BCUT2D eigenvalue weighted by Gasteiger charge is 2.31. The summed E-state index contributed by atoms with van der Waals surface area (Å²) in [6.07, 6.45) is 1.27. The minimum Gasteiger partial charge on any atom is -0.342 e. The predicted molar refractivity (Wildman–Crippen MR) is 62.1 cm³/mol. The highest BCUT2D eigenvalue weighted by molar-refractivity contribution is 7.89. The number of hydrogen-bond donors (Lipinski definition) is 1. The minimum atomic E-state index is -3.46. The van der Waals surface area contributed by atoms with E-state index in [1.807, 2.05) is 0 Å². The lowest BCUT2D eigenvalue weighted by molar-refractivity contribution is -0.127. The van der Waals surface area contributed by atoms with E-state index in [1.165, 1.54) is 0 Å². The molecule has 0 aromatic heterocycles. The molecule has 0 saturated carbocycles. The number of hydrogen-bond acceptors (Lipinski definition) is 3. The van der Waals surface area contributed by atoms with E-state index in [0.717, 1.165) is 13.0 Å². The van der Waals surface area contributed by atoms with Gasteiger partial charge in [0.1, 0.15) is 0 Å². The van der Waals surface area contributed by atoms with E-state index in [9.17, 15) is 13.2 Å². The number of carbonyl (C=O) groups excluding carboxylic acids is 1. The van der Waals surface area contributed by atoms with E-state index in [-0.39, 0.29) is 17.6 Å². The molecule has 0 aromatic carbocycles. The van der Waals surface area contributed by atoms with Crippen LogP contribution in [-0.4, -0.2) is 38.1 Å². The van der Waals surface area contributed by atoms with Crippen molar-refractivity contribution < 1.29 is 13.2 Å². The molecule has 0 bridgehead atoms. The van der Waals surface area contributed by atoms with Crippen molar-refractivity contribution in [2.75, 3.05) is 18.8 Å². The van der Waals surface area contributed by atoms with Crippen molar-refractivity contribution in [3.8, 4) is 0 Å². The molecule has 1 aliphatic heterocycles. The van der Waals surface area contributed by atoms with Crippen LogP contribution in [0.5, 0.6) is 0 Å². The average Bonchev–Trinajstić information content (AvgIpc) is 2.39. The molecule has 1 unspecified atom stereocenters. The number of likely N-dealkylation sites (tertiary alicyclic amines) is 1. The van der Waals surface area contributed by atoms with Crippen LogP contribution in [-0.2, 0) is 14.8 Å². The maximum Gasteiger partial charge on any atom is 0.222 e. The summed E-state index contributed by atoms with van der Waals surface area (Å²) in [6, 6.07) is 0. The zero-order chi connectivity index (χ0) is 12.3. The summed E-state index contributed by atoms with van der Waals surface area (Å²) in [5, 5.41) is 4.97. The Morgan fingerprint density at radius 2 is 2.12 bits per heavy atom. The van der Waals surface area contributed by atoms with Crippen molar-refractivity contribution in [2.45, 2.75) is 26.7 Å². The molecule has 94 valence electrons. The van der Waals surface area contributed by atoms with Gasteiger partial charge in [-0.3, -0.25) is 4.79 Å². The topological polar surface area (TPSA) is 80.5 Å². The van der Waals surface area contributed by atoms with E-state index < -0.39 is 10.0 Å². The van der Waals surface area contributed by atoms with Crippen molar-refractivity contribution in [1.82, 2.24) is 4.90 Å². The largest absolute Gasteiger partial charge is 0.342 e. The van der Waals surface area contributed by atoms with Gasteiger partial charge in [-0.2, -0.15) is 0 Å².